The second kappa shape index (κ2) is 14.9. The van der Waals surface area contributed by atoms with Crippen molar-refractivity contribution in [3.63, 3.8) is 0 Å². The summed E-state index contributed by atoms with van der Waals surface area (Å²) in [4.78, 5) is 19.1. The highest BCUT2D eigenvalue weighted by Crippen LogP contribution is 2.43. The summed E-state index contributed by atoms with van der Waals surface area (Å²) in [6, 6.07) is 17.0. The summed E-state index contributed by atoms with van der Waals surface area (Å²) in [5, 5.41) is 23.7. The lowest BCUT2D eigenvalue weighted by atomic mass is 10.0. The van der Waals surface area contributed by atoms with Gasteiger partial charge in [0.15, 0.2) is 23.0 Å². The number of fused-ring (bicyclic) bond motifs is 1. The highest BCUT2D eigenvalue weighted by Gasteiger charge is 2.26. The zero-order valence-electron chi connectivity index (χ0n) is 27.9. The first-order chi connectivity index (χ1) is 23.9. The molecule has 0 radical (unpaired) electrons. The highest BCUT2D eigenvalue weighted by molar-refractivity contribution is 5.93. The fraction of sp³-hybridized carbons (Fsp3) is 0.306. The molecule has 0 aliphatic carbocycles. The summed E-state index contributed by atoms with van der Waals surface area (Å²) in [5.74, 6) is 2.46. The summed E-state index contributed by atoms with van der Waals surface area (Å²) in [5.41, 5.74) is 3.44. The molecule has 49 heavy (non-hydrogen) atoms. The predicted octanol–water partition coefficient (Wildman–Crippen LogP) is 5.92. The van der Waals surface area contributed by atoms with Crippen LogP contribution in [0.3, 0.4) is 0 Å². The first kappa shape index (κ1) is 33.1. The van der Waals surface area contributed by atoms with Crippen LogP contribution in [0.1, 0.15) is 49.3 Å². The molecule has 3 aromatic carbocycles. The van der Waals surface area contributed by atoms with Crippen LogP contribution in [0.2, 0.25) is 0 Å². The van der Waals surface area contributed by atoms with E-state index in [4.69, 9.17) is 28.7 Å². The van der Waals surface area contributed by atoms with Gasteiger partial charge in [0.2, 0.25) is 12.6 Å². The maximum Gasteiger partial charge on any atom is 0.331 e. The fourth-order valence-corrected chi connectivity index (χ4v) is 5.63. The second-order valence-corrected chi connectivity index (χ2v) is 11.3. The summed E-state index contributed by atoms with van der Waals surface area (Å²) in [7, 11) is 3.11. The van der Waals surface area contributed by atoms with E-state index in [1.54, 1.807) is 31.5 Å². The quantitative estimate of drug-likeness (QED) is 0.133. The largest absolute Gasteiger partial charge is 0.496 e. The van der Waals surface area contributed by atoms with Gasteiger partial charge in [-0.2, -0.15) is 4.80 Å². The number of carboxylic acid groups (broad SMARTS) is 1. The zero-order valence-corrected chi connectivity index (χ0v) is 27.9. The number of rotatable bonds is 15. The SMILES string of the molecule is CCCCc1ncc(/C=C(\Cc2cc3c(cc2OC)OCO3)C(=O)O)n1-c1ccc(OC)c(OCc2ccccc2)c1-c1nnn(CC)n1. The summed E-state index contributed by atoms with van der Waals surface area (Å²) >= 11 is 0. The number of carbonyl (C=O) groups is 1. The van der Waals surface area contributed by atoms with E-state index in [0.717, 1.165) is 24.2 Å². The molecule has 6 rings (SSSR count). The average molecular weight is 667 g/mol. The van der Waals surface area contributed by atoms with E-state index in [1.165, 1.54) is 11.9 Å². The first-order valence-corrected chi connectivity index (χ1v) is 16.1. The van der Waals surface area contributed by atoms with Crippen LogP contribution in [0.4, 0.5) is 0 Å². The van der Waals surface area contributed by atoms with Gasteiger partial charge in [0, 0.05) is 30.0 Å². The molecular formula is C36H38N6O7. The Hall–Kier alpha value is -5.85. The number of carboxylic acids is 1. The Morgan fingerprint density at radius 2 is 1.80 bits per heavy atom. The maximum absolute atomic E-state index is 12.8. The maximum atomic E-state index is 12.8. The molecule has 0 atom stereocenters. The third-order valence-electron chi connectivity index (χ3n) is 8.12. The Balaban J connectivity index is 1.52. The van der Waals surface area contributed by atoms with Gasteiger partial charge in [-0.05, 0) is 48.4 Å². The minimum Gasteiger partial charge on any atom is -0.496 e. The number of benzene rings is 3. The van der Waals surface area contributed by atoms with Gasteiger partial charge in [-0.15, -0.1) is 10.2 Å². The number of imidazole rings is 1. The molecule has 1 aliphatic rings. The summed E-state index contributed by atoms with van der Waals surface area (Å²) < 4.78 is 30.8. The number of hydrogen-bond donors (Lipinski definition) is 1. The van der Waals surface area contributed by atoms with E-state index in [2.05, 4.69) is 22.3 Å². The van der Waals surface area contributed by atoms with Gasteiger partial charge in [0.1, 0.15) is 18.2 Å². The predicted molar refractivity (Wildman–Crippen MR) is 180 cm³/mol. The molecule has 0 spiro atoms. The molecule has 0 fully saturated rings. The molecule has 5 aromatic rings. The van der Waals surface area contributed by atoms with Crippen molar-refractivity contribution >= 4 is 12.0 Å². The number of aliphatic carboxylic acids is 1. The number of tetrazole rings is 1. The van der Waals surface area contributed by atoms with Gasteiger partial charge >= 0.3 is 5.97 Å². The molecule has 3 heterocycles. The topological polar surface area (TPSA) is 145 Å². The number of nitrogens with zero attached hydrogens (tertiary/aromatic N) is 6. The Bertz CT molecular complexity index is 1970. The van der Waals surface area contributed by atoms with E-state index in [-0.39, 0.29) is 25.4 Å². The van der Waals surface area contributed by atoms with E-state index >= 15 is 0 Å². The third-order valence-corrected chi connectivity index (χ3v) is 8.12. The van der Waals surface area contributed by atoms with Gasteiger partial charge in [-0.1, -0.05) is 43.7 Å². The smallest absolute Gasteiger partial charge is 0.331 e. The molecule has 0 amide bonds. The average Bonchev–Trinajstić information content (AvgIpc) is 3.89. The van der Waals surface area contributed by atoms with Crippen LogP contribution in [0.25, 0.3) is 23.2 Å². The van der Waals surface area contributed by atoms with Crippen LogP contribution >= 0.6 is 0 Å². The minimum atomic E-state index is -1.09. The zero-order chi connectivity index (χ0) is 34.3. The van der Waals surface area contributed by atoms with Crippen LogP contribution in [-0.4, -0.2) is 61.8 Å². The Morgan fingerprint density at radius 1 is 1.02 bits per heavy atom. The van der Waals surface area contributed by atoms with Crippen LogP contribution in [0.15, 0.2) is 66.4 Å². The summed E-state index contributed by atoms with van der Waals surface area (Å²) in [6.07, 6.45) is 5.81. The van der Waals surface area contributed by atoms with E-state index in [9.17, 15) is 9.90 Å². The standard InChI is InChI=1S/C36H38N6O7/c1-5-7-13-32-37-20-26(17-25(36(43)44)16-24-18-30-31(49-22-48-30)19-29(24)46-4)42(32)27-14-15-28(45-3)34(47-21-23-11-9-8-10-12-23)33(27)35-38-40-41(6-2)39-35/h8-12,14-15,17-20H,5-7,13,16,21-22H2,1-4H3,(H,43,44)/b25-17+. The number of ether oxygens (including phenoxy) is 5. The highest BCUT2D eigenvalue weighted by atomic mass is 16.7. The normalized spacial score (nSPS) is 12.3. The number of unbranched alkanes of at least 4 members (excludes halogenated alkanes) is 1. The van der Waals surface area contributed by atoms with Crippen LogP contribution in [-0.2, 0) is 30.8 Å². The lowest BCUT2D eigenvalue weighted by Gasteiger charge is -2.20. The number of hydrogen-bond acceptors (Lipinski definition) is 10. The summed E-state index contributed by atoms with van der Waals surface area (Å²) in [6.45, 7) is 4.89. The molecule has 0 unspecified atom stereocenters. The number of aryl methyl sites for hydroxylation is 2. The third kappa shape index (κ3) is 7.05. The number of aromatic nitrogens is 6. The van der Waals surface area contributed by atoms with Crippen LogP contribution in [0, 0.1) is 0 Å². The van der Waals surface area contributed by atoms with Gasteiger partial charge in [-0.3, -0.25) is 4.57 Å². The van der Waals surface area contributed by atoms with Crippen LogP contribution < -0.4 is 23.7 Å². The number of methoxy groups -OCH3 is 2. The minimum absolute atomic E-state index is 0.0535. The van der Waals surface area contributed by atoms with Crippen molar-refractivity contribution in [2.24, 2.45) is 0 Å². The van der Waals surface area contributed by atoms with Crippen molar-refractivity contribution in [2.45, 2.75) is 52.7 Å². The molecule has 13 nitrogen and oxygen atoms in total. The van der Waals surface area contributed by atoms with E-state index < -0.39 is 5.97 Å². The van der Waals surface area contributed by atoms with Gasteiger partial charge in [0.05, 0.1) is 43.9 Å². The fourth-order valence-electron chi connectivity index (χ4n) is 5.63. The molecular weight excluding hydrogens is 628 g/mol. The van der Waals surface area contributed by atoms with Gasteiger partial charge in [-0.25, -0.2) is 9.78 Å². The van der Waals surface area contributed by atoms with Crippen LogP contribution in [0.5, 0.6) is 28.7 Å². The molecule has 13 heteroatoms. The molecule has 0 saturated carbocycles. The van der Waals surface area contributed by atoms with Crippen molar-refractivity contribution < 1.29 is 33.6 Å². The van der Waals surface area contributed by atoms with Crippen molar-refractivity contribution in [2.75, 3.05) is 21.0 Å². The molecule has 0 saturated heterocycles. The molecule has 2 aromatic heterocycles. The van der Waals surface area contributed by atoms with Crippen molar-refractivity contribution in [1.82, 2.24) is 29.8 Å². The molecule has 254 valence electrons. The Morgan fingerprint density at radius 3 is 2.49 bits per heavy atom. The van der Waals surface area contributed by atoms with Crippen molar-refractivity contribution in [3.8, 4) is 45.8 Å². The molecule has 0 bridgehead atoms. The lowest BCUT2D eigenvalue weighted by Crippen LogP contribution is -2.10. The molecule has 1 N–H and O–H groups in total. The lowest BCUT2D eigenvalue weighted by molar-refractivity contribution is -0.132. The second-order valence-electron chi connectivity index (χ2n) is 11.3. The van der Waals surface area contributed by atoms with E-state index in [0.29, 0.717) is 70.0 Å². The van der Waals surface area contributed by atoms with Gasteiger partial charge in [0.25, 0.3) is 0 Å². The Labute approximate surface area is 283 Å². The first-order valence-electron chi connectivity index (χ1n) is 16.1. The van der Waals surface area contributed by atoms with Crippen molar-refractivity contribution in [1.29, 1.82) is 0 Å². The van der Waals surface area contributed by atoms with E-state index in [1.807, 2.05) is 54.0 Å². The van der Waals surface area contributed by atoms with Crippen molar-refractivity contribution in [3.05, 3.63) is 89.0 Å². The van der Waals surface area contributed by atoms with Gasteiger partial charge < -0.3 is 28.8 Å². The monoisotopic (exact) mass is 666 g/mol. The molecule has 1 aliphatic heterocycles. The Kier molecular flexibility index (Phi) is 10.1.